The summed E-state index contributed by atoms with van der Waals surface area (Å²) in [6.07, 6.45) is 0. The van der Waals surface area contributed by atoms with E-state index in [1.165, 1.54) is 14.2 Å². The lowest BCUT2D eigenvalue weighted by Gasteiger charge is -2.11. The maximum Gasteiger partial charge on any atom is 0.329 e. The molecule has 0 unspecified atom stereocenters. The molecule has 1 N–H and O–H groups in total. The fourth-order valence-electron chi connectivity index (χ4n) is 0.372. The van der Waals surface area contributed by atoms with Gasteiger partial charge in [0, 0.05) is 14.2 Å². The third-order valence-electron chi connectivity index (χ3n) is 0.728. The van der Waals surface area contributed by atoms with Gasteiger partial charge in [-0.15, -0.1) is 0 Å². The van der Waals surface area contributed by atoms with E-state index in [1.807, 2.05) is 0 Å². The molecule has 5 heteroatoms. The Morgan fingerprint density at radius 1 is 1.50 bits per heavy atom. The van der Waals surface area contributed by atoms with Gasteiger partial charge in [-0.25, -0.2) is 4.79 Å². The standard InChI is InChI=1S/C5H10O5/c1-8-5(9-2)10-3-4(6)7/h5H,3H2,1-2H3,(H,6,7). The largest absolute Gasteiger partial charge is 0.480 e. The predicted molar refractivity (Wildman–Crippen MR) is 31.4 cm³/mol. The lowest BCUT2D eigenvalue weighted by Crippen LogP contribution is -2.21. The Morgan fingerprint density at radius 3 is 2.30 bits per heavy atom. The van der Waals surface area contributed by atoms with Gasteiger partial charge in [0.05, 0.1) is 0 Å². The van der Waals surface area contributed by atoms with Crippen LogP contribution in [0.1, 0.15) is 0 Å². The van der Waals surface area contributed by atoms with E-state index in [0.717, 1.165) is 0 Å². The van der Waals surface area contributed by atoms with E-state index < -0.39 is 19.1 Å². The van der Waals surface area contributed by atoms with E-state index in [-0.39, 0.29) is 0 Å². The average molecular weight is 150 g/mol. The maximum absolute atomic E-state index is 9.90. The summed E-state index contributed by atoms with van der Waals surface area (Å²) in [7, 11) is 2.71. The first-order valence-corrected chi connectivity index (χ1v) is 2.59. The molecule has 0 aliphatic heterocycles. The number of rotatable bonds is 5. The Bertz CT molecular complexity index is 98.2. The maximum atomic E-state index is 9.90. The first-order chi connectivity index (χ1) is 4.70. The summed E-state index contributed by atoms with van der Waals surface area (Å²) in [5.41, 5.74) is 0. The minimum absolute atomic E-state index is 0.424. The van der Waals surface area contributed by atoms with Crippen LogP contribution >= 0.6 is 0 Å². The van der Waals surface area contributed by atoms with Crippen molar-refractivity contribution in [2.24, 2.45) is 0 Å². The van der Waals surface area contributed by atoms with Crippen LogP contribution in [0.4, 0.5) is 0 Å². The van der Waals surface area contributed by atoms with Crippen molar-refractivity contribution in [2.45, 2.75) is 6.48 Å². The Labute approximate surface area is 58.5 Å². The number of methoxy groups -OCH3 is 2. The average Bonchev–Trinajstić information content (AvgIpc) is 1.90. The van der Waals surface area contributed by atoms with Gasteiger partial charge in [-0.2, -0.15) is 0 Å². The highest BCUT2D eigenvalue weighted by Gasteiger charge is 2.06. The molecule has 0 aliphatic rings. The van der Waals surface area contributed by atoms with Crippen LogP contribution in [0.3, 0.4) is 0 Å². The molecule has 5 nitrogen and oxygen atoms in total. The van der Waals surface area contributed by atoms with E-state index in [0.29, 0.717) is 0 Å². The highest BCUT2D eigenvalue weighted by molar-refractivity contribution is 5.67. The van der Waals surface area contributed by atoms with Gasteiger partial charge in [-0.05, 0) is 0 Å². The third-order valence-corrected chi connectivity index (χ3v) is 0.728. The highest BCUT2D eigenvalue weighted by atomic mass is 16.8. The Hall–Kier alpha value is -0.650. The van der Waals surface area contributed by atoms with Crippen molar-refractivity contribution in [3.8, 4) is 0 Å². The van der Waals surface area contributed by atoms with E-state index >= 15 is 0 Å². The first-order valence-electron chi connectivity index (χ1n) is 2.59. The van der Waals surface area contributed by atoms with Crippen molar-refractivity contribution < 1.29 is 24.1 Å². The van der Waals surface area contributed by atoms with Crippen molar-refractivity contribution in [1.29, 1.82) is 0 Å². The third kappa shape index (κ3) is 4.25. The minimum Gasteiger partial charge on any atom is -0.480 e. The summed E-state index contributed by atoms with van der Waals surface area (Å²) >= 11 is 0. The molecule has 0 spiro atoms. The normalized spacial score (nSPS) is 10.3. The van der Waals surface area contributed by atoms with Crippen LogP contribution in [-0.2, 0) is 19.0 Å². The molecule has 0 saturated carbocycles. The fourth-order valence-corrected chi connectivity index (χ4v) is 0.372. The van der Waals surface area contributed by atoms with E-state index in [2.05, 4.69) is 14.2 Å². The molecular weight excluding hydrogens is 140 g/mol. The Kier molecular flexibility index (Phi) is 4.82. The molecule has 10 heavy (non-hydrogen) atoms. The van der Waals surface area contributed by atoms with Gasteiger partial charge >= 0.3 is 5.97 Å². The number of carboxylic acids is 1. The summed E-state index contributed by atoms with van der Waals surface area (Å²) in [5.74, 6) is -1.06. The summed E-state index contributed by atoms with van der Waals surface area (Å²) in [6.45, 7) is -1.32. The number of carboxylic acid groups (broad SMARTS) is 1. The second kappa shape index (κ2) is 5.16. The molecule has 60 valence electrons. The van der Waals surface area contributed by atoms with Crippen LogP contribution in [0, 0.1) is 0 Å². The molecule has 0 aliphatic carbocycles. The molecule has 0 fully saturated rings. The van der Waals surface area contributed by atoms with Crippen molar-refractivity contribution in [3.63, 3.8) is 0 Å². The van der Waals surface area contributed by atoms with E-state index in [4.69, 9.17) is 5.11 Å². The quantitative estimate of drug-likeness (QED) is 0.543. The first kappa shape index (κ1) is 9.35. The zero-order valence-corrected chi connectivity index (χ0v) is 5.86. The molecule has 0 amide bonds. The van der Waals surface area contributed by atoms with Gasteiger partial charge in [0.1, 0.15) is 6.61 Å². The summed E-state index contributed by atoms with van der Waals surface area (Å²) < 4.78 is 13.6. The van der Waals surface area contributed by atoms with E-state index in [1.54, 1.807) is 0 Å². The smallest absolute Gasteiger partial charge is 0.329 e. The van der Waals surface area contributed by atoms with Gasteiger partial charge in [0.2, 0.25) is 0 Å². The van der Waals surface area contributed by atoms with Crippen molar-refractivity contribution in [3.05, 3.63) is 0 Å². The van der Waals surface area contributed by atoms with Crippen molar-refractivity contribution >= 4 is 5.97 Å². The molecule has 0 bridgehead atoms. The summed E-state index contributed by atoms with van der Waals surface area (Å²) in [5, 5.41) is 8.12. The zero-order valence-electron chi connectivity index (χ0n) is 5.86. The van der Waals surface area contributed by atoms with E-state index in [9.17, 15) is 4.79 Å². The van der Waals surface area contributed by atoms with Crippen LogP contribution in [-0.4, -0.2) is 38.4 Å². The number of ether oxygens (including phenoxy) is 3. The van der Waals surface area contributed by atoms with Crippen LogP contribution in [0.5, 0.6) is 0 Å². The van der Waals surface area contributed by atoms with Crippen LogP contribution in [0.2, 0.25) is 0 Å². The molecule has 0 radical (unpaired) electrons. The second-order valence-electron chi connectivity index (χ2n) is 1.46. The molecule has 0 aromatic heterocycles. The SMILES string of the molecule is COC(OC)OCC(=O)O. The molecule has 0 saturated heterocycles. The second-order valence-corrected chi connectivity index (χ2v) is 1.46. The predicted octanol–water partition coefficient (Wildman–Crippen LogP) is -0.336. The number of aliphatic carboxylic acids is 1. The Morgan fingerprint density at radius 2 is 2.00 bits per heavy atom. The van der Waals surface area contributed by atoms with Crippen molar-refractivity contribution in [1.82, 2.24) is 0 Å². The topological polar surface area (TPSA) is 65.0 Å². The fraction of sp³-hybridized carbons (Fsp3) is 0.800. The zero-order chi connectivity index (χ0) is 7.98. The van der Waals surface area contributed by atoms with Gasteiger partial charge in [-0.1, -0.05) is 0 Å². The van der Waals surface area contributed by atoms with Crippen LogP contribution in [0.25, 0.3) is 0 Å². The number of hydrogen-bond acceptors (Lipinski definition) is 4. The van der Waals surface area contributed by atoms with Gasteiger partial charge in [0.15, 0.2) is 0 Å². The molecule has 0 heterocycles. The highest BCUT2D eigenvalue weighted by Crippen LogP contribution is 1.91. The van der Waals surface area contributed by atoms with Crippen molar-refractivity contribution in [2.75, 3.05) is 20.8 Å². The summed E-state index contributed by atoms with van der Waals surface area (Å²) in [6, 6.07) is 0. The van der Waals surface area contributed by atoms with Gasteiger partial charge in [-0.3, -0.25) is 0 Å². The van der Waals surface area contributed by atoms with Crippen LogP contribution < -0.4 is 0 Å². The Balaban J connectivity index is 3.34. The molecule has 0 aromatic rings. The van der Waals surface area contributed by atoms with Gasteiger partial charge in [0.25, 0.3) is 6.48 Å². The minimum atomic E-state index is -1.06. The van der Waals surface area contributed by atoms with Crippen LogP contribution in [0.15, 0.2) is 0 Å². The molecular formula is C5H10O5. The number of carbonyl (C=O) groups is 1. The molecule has 0 aromatic carbocycles. The molecule has 0 rings (SSSR count). The summed E-state index contributed by atoms with van der Waals surface area (Å²) in [4.78, 5) is 9.90. The number of hydrogen-bond donors (Lipinski definition) is 1. The lowest BCUT2D eigenvalue weighted by atomic mass is 10.7. The lowest BCUT2D eigenvalue weighted by molar-refractivity contribution is -0.264. The van der Waals surface area contributed by atoms with Gasteiger partial charge < -0.3 is 19.3 Å². The monoisotopic (exact) mass is 150 g/mol. The molecule has 0 atom stereocenters.